The quantitative estimate of drug-likeness (QED) is 0.694. The second-order valence-corrected chi connectivity index (χ2v) is 1.88. The summed E-state index contributed by atoms with van der Waals surface area (Å²) in [5.74, 6) is 0. The number of aliphatic hydroxyl groups is 1. The zero-order valence-corrected chi connectivity index (χ0v) is 10.2. The molecule has 1 aromatic heterocycles. The average Bonchev–Trinajstić information content (AvgIpc) is 2.10. The van der Waals surface area contributed by atoms with E-state index in [0.29, 0.717) is 5.69 Å². The third-order valence-electron chi connectivity index (χ3n) is 1.05. The third-order valence-corrected chi connectivity index (χ3v) is 1.05. The van der Waals surface area contributed by atoms with Crippen molar-refractivity contribution < 1.29 is 37.8 Å². The summed E-state index contributed by atoms with van der Waals surface area (Å²) in [5.41, 5.74) is 6.16. The Kier molecular flexibility index (Phi) is 11.3. The van der Waals surface area contributed by atoms with E-state index < -0.39 is 0 Å². The first-order valence-corrected chi connectivity index (χ1v) is 3.34. The maximum atomic E-state index is 8.55. The van der Waals surface area contributed by atoms with E-state index in [1.54, 1.807) is 12.3 Å². The van der Waals surface area contributed by atoms with Crippen LogP contribution in [0.5, 0.6) is 0 Å². The van der Waals surface area contributed by atoms with Crippen LogP contribution in [0.25, 0.3) is 0 Å². The molecule has 65 valence electrons. The van der Waals surface area contributed by atoms with E-state index in [1.807, 2.05) is 6.92 Å². The molecule has 1 aromatic rings. The topological polar surface area (TPSA) is 59.1 Å². The van der Waals surface area contributed by atoms with E-state index >= 15 is 0 Å². The predicted octanol–water partition coefficient (Wildman–Crippen LogP) is 0.255. The summed E-state index contributed by atoms with van der Waals surface area (Å²) in [4.78, 5) is 3.92. The molecule has 0 aliphatic rings. The number of aliphatic hydroxyl groups excluding tert-OH is 1. The molecule has 1 radical (unpaired) electrons. The first-order valence-electron chi connectivity index (χ1n) is 3.34. The summed E-state index contributed by atoms with van der Waals surface area (Å²) in [6.07, 6.45) is 1.69. The van der Waals surface area contributed by atoms with Gasteiger partial charge >= 0.3 is 0 Å². The number of nitrogens with zero attached hydrogens (tertiary/aromatic N) is 1. The molecular weight excluding hydrogens is 229 g/mol. The van der Waals surface area contributed by atoms with Crippen molar-refractivity contribution in [2.75, 3.05) is 7.05 Å². The maximum absolute atomic E-state index is 8.55. The van der Waals surface area contributed by atoms with Gasteiger partial charge in [-0.2, -0.15) is 12.1 Å². The van der Waals surface area contributed by atoms with Crippen molar-refractivity contribution >= 4 is 0 Å². The molecule has 0 aliphatic carbocycles. The van der Waals surface area contributed by atoms with Crippen molar-refractivity contribution in [2.24, 2.45) is 5.73 Å². The van der Waals surface area contributed by atoms with E-state index in [9.17, 15) is 0 Å². The van der Waals surface area contributed by atoms with Crippen molar-refractivity contribution in [2.45, 2.75) is 13.5 Å². The molecular formula is C8H13N2OY-. The molecule has 0 amide bonds. The normalized spacial score (nSPS) is 7.67. The van der Waals surface area contributed by atoms with Crippen molar-refractivity contribution in [3.8, 4) is 0 Å². The van der Waals surface area contributed by atoms with Gasteiger partial charge in [0.1, 0.15) is 0 Å². The number of aryl methyl sites for hydroxylation is 1. The minimum absolute atomic E-state index is 0. The van der Waals surface area contributed by atoms with Gasteiger partial charge in [-0.3, -0.25) is 0 Å². The monoisotopic (exact) mass is 242 g/mol. The number of hydrogen-bond acceptors (Lipinski definition) is 3. The van der Waals surface area contributed by atoms with E-state index in [-0.39, 0.29) is 39.3 Å². The first kappa shape index (κ1) is 14.7. The molecule has 0 fully saturated rings. The Balaban J connectivity index is 0. The minimum atomic E-state index is -0.00319. The van der Waals surface area contributed by atoms with Crippen LogP contribution in [0, 0.1) is 13.0 Å². The summed E-state index contributed by atoms with van der Waals surface area (Å²) in [6.45, 7) is 1.91. The van der Waals surface area contributed by atoms with Crippen LogP contribution in [0.3, 0.4) is 0 Å². The van der Waals surface area contributed by atoms with Crippen LogP contribution >= 0.6 is 0 Å². The molecule has 3 nitrogen and oxygen atoms in total. The SMILES string of the molecule is CN.Cc1[c-]cc(CO)nc1.[Y]. The summed E-state index contributed by atoms with van der Waals surface area (Å²) in [6, 6.07) is 4.62. The largest absolute Gasteiger partial charge is 0.403 e. The molecule has 12 heavy (non-hydrogen) atoms. The smallest absolute Gasteiger partial charge is 0.0399 e. The van der Waals surface area contributed by atoms with Crippen LogP contribution in [-0.2, 0) is 39.3 Å². The second kappa shape index (κ2) is 9.26. The fourth-order valence-corrected chi connectivity index (χ4v) is 0.538. The zero-order valence-electron chi connectivity index (χ0n) is 7.41. The van der Waals surface area contributed by atoms with Crippen LogP contribution < -0.4 is 5.73 Å². The molecule has 0 saturated carbocycles. The Hall–Kier alpha value is 0.174. The second-order valence-electron chi connectivity index (χ2n) is 1.88. The summed E-state index contributed by atoms with van der Waals surface area (Å²) in [7, 11) is 1.50. The average molecular weight is 242 g/mol. The molecule has 3 N–H and O–H groups in total. The van der Waals surface area contributed by atoms with Gasteiger partial charge in [0.25, 0.3) is 0 Å². The van der Waals surface area contributed by atoms with Crippen LogP contribution in [0.1, 0.15) is 11.3 Å². The van der Waals surface area contributed by atoms with Crippen LogP contribution in [0.2, 0.25) is 0 Å². The van der Waals surface area contributed by atoms with Gasteiger partial charge < -0.3 is 15.8 Å². The van der Waals surface area contributed by atoms with Gasteiger partial charge in [0, 0.05) is 39.3 Å². The fourth-order valence-electron chi connectivity index (χ4n) is 0.538. The number of aromatic nitrogens is 1. The fraction of sp³-hybridized carbons (Fsp3) is 0.375. The van der Waals surface area contributed by atoms with Gasteiger partial charge in [-0.15, -0.1) is 5.56 Å². The number of nitrogens with two attached hydrogens (primary N) is 1. The number of hydrogen-bond donors (Lipinski definition) is 2. The van der Waals surface area contributed by atoms with Crippen molar-refractivity contribution in [1.29, 1.82) is 0 Å². The van der Waals surface area contributed by atoms with E-state index in [2.05, 4.69) is 16.8 Å². The molecule has 0 spiro atoms. The summed E-state index contributed by atoms with van der Waals surface area (Å²) in [5, 5.41) is 8.55. The molecule has 0 atom stereocenters. The van der Waals surface area contributed by atoms with Gasteiger partial charge in [-0.1, -0.05) is 13.1 Å². The Morgan fingerprint density at radius 2 is 2.17 bits per heavy atom. The minimum Gasteiger partial charge on any atom is -0.403 e. The van der Waals surface area contributed by atoms with Crippen molar-refractivity contribution in [3.63, 3.8) is 0 Å². The Morgan fingerprint density at radius 3 is 2.50 bits per heavy atom. The Morgan fingerprint density at radius 1 is 1.58 bits per heavy atom. The van der Waals surface area contributed by atoms with Gasteiger partial charge in [-0.05, 0) is 12.7 Å². The maximum Gasteiger partial charge on any atom is 0.0399 e. The van der Waals surface area contributed by atoms with Gasteiger partial charge in [0.05, 0.1) is 0 Å². The van der Waals surface area contributed by atoms with Gasteiger partial charge in [-0.25, -0.2) is 0 Å². The van der Waals surface area contributed by atoms with Crippen LogP contribution in [-0.4, -0.2) is 17.1 Å². The van der Waals surface area contributed by atoms with Gasteiger partial charge in [0.2, 0.25) is 0 Å². The van der Waals surface area contributed by atoms with Crippen molar-refractivity contribution in [1.82, 2.24) is 4.98 Å². The van der Waals surface area contributed by atoms with Gasteiger partial charge in [0.15, 0.2) is 0 Å². The molecule has 0 unspecified atom stereocenters. The molecule has 0 aromatic carbocycles. The van der Waals surface area contributed by atoms with Crippen molar-refractivity contribution in [3.05, 3.63) is 29.6 Å². The molecule has 0 bridgehead atoms. The standard InChI is InChI=1S/C7H8NO.CH5N.Y/c1-6-2-3-7(5-9)8-4-6;1-2;/h3-4,9H,5H2,1H3;2H2,1H3;/q-1;;. The summed E-state index contributed by atoms with van der Waals surface area (Å²) >= 11 is 0. The number of pyridine rings is 1. The predicted molar refractivity (Wildman–Crippen MR) is 43.8 cm³/mol. The Bertz CT molecular complexity index is 189. The Labute approximate surface area is 98.3 Å². The first-order chi connectivity index (χ1) is 5.33. The molecule has 1 heterocycles. The molecule has 1 rings (SSSR count). The third kappa shape index (κ3) is 5.78. The molecule has 4 heteroatoms. The van der Waals surface area contributed by atoms with E-state index in [0.717, 1.165) is 5.56 Å². The number of rotatable bonds is 1. The van der Waals surface area contributed by atoms with Crippen LogP contribution in [0.4, 0.5) is 0 Å². The summed E-state index contributed by atoms with van der Waals surface area (Å²) < 4.78 is 0. The van der Waals surface area contributed by atoms with E-state index in [4.69, 9.17) is 5.11 Å². The van der Waals surface area contributed by atoms with Crippen LogP contribution in [0.15, 0.2) is 12.3 Å². The zero-order chi connectivity index (χ0) is 8.69. The molecule has 0 aliphatic heterocycles. The van der Waals surface area contributed by atoms with E-state index in [1.165, 1.54) is 7.05 Å². The molecule has 0 saturated heterocycles.